The molecule has 0 aliphatic heterocycles. The molecular formula is C16H20N4S. The molecule has 2 aromatic heterocycles. The van der Waals surface area contributed by atoms with Crippen LogP contribution in [0, 0.1) is 0 Å². The Bertz CT molecular complexity index is 683. The summed E-state index contributed by atoms with van der Waals surface area (Å²) in [6.07, 6.45) is 3.99. The molecule has 1 aromatic carbocycles. The lowest BCUT2D eigenvalue weighted by Crippen LogP contribution is -2.24. The van der Waals surface area contributed by atoms with Crippen molar-refractivity contribution in [3.05, 3.63) is 47.2 Å². The first kappa shape index (κ1) is 14.2. The van der Waals surface area contributed by atoms with Gasteiger partial charge in [-0.25, -0.2) is 4.98 Å². The molecule has 1 N–H and O–H groups in total. The summed E-state index contributed by atoms with van der Waals surface area (Å²) in [5, 5.41) is 9.29. The molecule has 0 bridgehead atoms. The van der Waals surface area contributed by atoms with Crippen molar-refractivity contribution >= 4 is 21.6 Å². The molecule has 0 saturated carbocycles. The zero-order valence-corrected chi connectivity index (χ0v) is 13.2. The minimum absolute atomic E-state index is 0.228. The zero-order valence-electron chi connectivity index (χ0n) is 12.4. The maximum absolute atomic E-state index is 4.74. The first-order valence-electron chi connectivity index (χ1n) is 7.33. The summed E-state index contributed by atoms with van der Waals surface area (Å²) >= 11 is 1.77. The maximum atomic E-state index is 4.74. The Morgan fingerprint density at radius 1 is 1.29 bits per heavy atom. The normalized spacial score (nSPS) is 12.9. The van der Waals surface area contributed by atoms with Crippen molar-refractivity contribution in [2.24, 2.45) is 7.05 Å². The number of benzene rings is 1. The van der Waals surface area contributed by atoms with Crippen molar-refractivity contribution in [3.63, 3.8) is 0 Å². The van der Waals surface area contributed by atoms with Crippen LogP contribution in [0.1, 0.15) is 30.1 Å². The van der Waals surface area contributed by atoms with Gasteiger partial charge in [-0.3, -0.25) is 4.68 Å². The molecule has 0 amide bonds. The highest BCUT2D eigenvalue weighted by Crippen LogP contribution is 2.25. The van der Waals surface area contributed by atoms with Crippen molar-refractivity contribution in [1.29, 1.82) is 0 Å². The summed E-state index contributed by atoms with van der Waals surface area (Å²) in [6, 6.07) is 10.6. The van der Waals surface area contributed by atoms with Gasteiger partial charge in [-0.05, 0) is 31.2 Å². The van der Waals surface area contributed by atoms with Gasteiger partial charge < -0.3 is 5.32 Å². The smallest absolute Gasteiger partial charge is 0.0958 e. The van der Waals surface area contributed by atoms with Crippen LogP contribution in [0.5, 0.6) is 0 Å². The minimum atomic E-state index is 0.228. The lowest BCUT2D eigenvalue weighted by atomic mass is 10.1. The predicted molar refractivity (Wildman–Crippen MR) is 87.6 cm³/mol. The molecule has 5 heteroatoms. The Kier molecular flexibility index (Phi) is 4.31. The van der Waals surface area contributed by atoms with E-state index in [9.17, 15) is 0 Å². The molecule has 1 unspecified atom stereocenters. The topological polar surface area (TPSA) is 42.7 Å². The van der Waals surface area contributed by atoms with Crippen LogP contribution < -0.4 is 5.32 Å². The highest BCUT2D eigenvalue weighted by atomic mass is 32.1. The molecule has 0 aliphatic rings. The molecule has 3 rings (SSSR count). The van der Waals surface area contributed by atoms with Gasteiger partial charge in [0, 0.05) is 19.7 Å². The number of thiazole rings is 1. The number of nitrogens with zero attached hydrogens (tertiary/aromatic N) is 3. The second kappa shape index (κ2) is 6.37. The van der Waals surface area contributed by atoms with E-state index in [1.54, 1.807) is 11.3 Å². The van der Waals surface area contributed by atoms with Crippen LogP contribution in [0.15, 0.2) is 36.5 Å². The van der Waals surface area contributed by atoms with E-state index in [-0.39, 0.29) is 6.04 Å². The van der Waals surface area contributed by atoms with Crippen LogP contribution in [0.3, 0.4) is 0 Å². The van der Waals surface area contributed by atoms with E-state index in [1.807, 2.05) is 24.0 Å². The average Bonchev–Trinajstić information content (AvgIpc) is 3.08. The number of rotatable bonds is 6. The largest absolute Gasteiger partial charge is 0.308 e. The summed E-state index contributed by atoms with van der Waals surface area (Å²) in [6.45, 7) is 3.17. The Morgan fingerprint density at radius 3 is 2.86 bits per heavy atom. The number of fused-ring (bicyclic) bond motifs is 1. The first-order valence-corrected chi connectivity index (χ1v) is 8.15. The van der Waals surface area contributed by atoms with E-state index in [4.69, 9.17) is 4.98 Å². The van der Waals surface area contributed by atoms with Crippen molar-refractivity contribution < 1.29 is 0 Å². The molecule has 0 aliphatic carbocycles. The highest BCUT2D eigenvalue weighted by molar-refractivity contribution is 7.18. The van der Waals surface area contributed by atoms with Crippen LogP contribution in [-0.4, -0.2) is 21.3 Å². The second-order valence-corrected chi connectivity index (χ2v) is 6.32. The average molecular weight is 300 g/mol. The predicted octanol–water partition coefficient (Wildman–Crippen LogP) is 3.31. The molecule has 2 heterocycles. The lowest BCUT2D eigenvalue weighted by Gasteiger charge is -2.14. The molecular weight excluding hydrogens is 280 g/mol. The first-order chi connectivity index (χ1) is 10.3. The fraction of sp³-hybridized carbons (Fsp3) is 0.375. The van der Waals surface area contributed by atoms with Gasteiger partial charge in [0.2, 0.25) is 0 Å². The Morgan fingerprint density at radius 2 is 2.14 bits per heavy atom. The van der Waals surface area contributed by atoms with Gasteiger partial charge in [-0.2, -0.15) is 5.10 Å². The van der Waals surface area contributed by atoms with Crippen LogP contribution in [0.2, 0.25) is 0 Å². The third-order valence-corrected chi connectivity index (χ3v) is 4.51. The summed E-state index contributed by atoms with van der Waals surface area (Å²) in [7, 11) is 1.96. The fourth-order valence-electron chi connectivity index (χ4n) is 2.40. The zero-order chi connectivity index (χ0) is 14.7. The minimum Gasteiger partial charge on any atom is -0.308 e. The van der Waals surface area contributed by atoms with Crippen molar-refractivity contribution in [2.75, 3.05) is 6.54 Å². The standard InChI is InChI=1S/C16H20N4S/c1-3-9-17-14(12-8-10-20(2)19-12)11-16-18-13-6-4-5-7-15(13)21-16/h4-8,10,14,17H,3,9,11H2,1-2H3. The molecule has 3 aromatic rings. The number of hydrogen-bond donors (Lipinski definition) is 1. The van der Waals surface area contributed by atoms with Gasteiger partial charge in [-0.15, -0.1) is 11.3 Å². The second-order valence-electron chi connectivity index (χ2n) is 5.20. The molecule has 0 spiro atoms. The number of para-hydroxylation sites is 1. The van der Waals surface area contributed by atoms with Gasteiger partial charge in [-0.1, -0.05) is 19.1 Å². The molecule has 0 fully saturated rings. The van der Waals surface area contributed by atoms with Crippen LogP contribution in [-0.2, 0) is 13.5 Å². The summed E-state index contributed by atoms with van der Waals surface area (Å²) < 4.78 is 3.11. The van der Waals surface area contributed by atoms with Crippen LogP contribution >= 0.6 is 11.3 Å². The molecule has 0 saturated heterocycles. The monoisotopic (exact) mass is 300 g/mol. The maximum Gasteiger partial charge on any atom is 0.0958 e. The SMILES string of the molecule is CCCNC(Cc1nc2ccccc2s1)c1ccn(C)n1. The van der Waals surface area contributed by atoms with Gasteiger partial charge >= 0.3 is 0 Å². The Balaban J connectivity index is 1.83. The van der Waals surface area contributed by atoms with Gasteiger partial charge in [0.15, 0.2) is 0 Å². The van der Waals surface area contributed by atoms with E-state index in [1.165, 1.54) is 4.70 Å². The molecule has 21 heavy (non-hydrogen) atoms. The fourth-order valence-corrected chi connectivity index (χ4v) is 3.41. The van der Waals surface area contributed by atoms with Gasteiger partial charge in [0.05, 0.1) is 27.0 Å². The summed E-state index contributed by atoms with van der Waals surface area (Å²) in [5.41, 5.74) is 2.18. The Hall–Kier alpha value is -1.72. The lowest BCUT2D eigenvalue weighted by molar-refractivity contribution is 0.510. The number of nitrogens with one attached hydrogen (secondary N) is 1. The Labute approximate surface area is 128 Å². The number of aromatic nitrogens is 3. The van der Waals surface area contributed by atoms with Crippen molar-refractivity contribution in [3.8, 4) is 0 Å². The van der Waals surface area contributed by atoms with Crippen molar-refractivity contribution in [2.45, 2.75) is 25.8 Å². The van der Waals surface area contributed by atoms with Gasteiger partial charge in [0.1, 0.15) is 0 Å². The molecule has 0 radical (unpaired) electrons. The summed E-state index contributed by atoms with van der Waals surface area (Å²) in [4.78, 5) is 4.74. The summed E-state index contributed by atoms with van der Waals surface area (Å²) in [5.74, 6) is 0. The van der Waals surface area contributed by atoms with Crippen LogP contribution in [0.25, 0.3) is 10.2 Å². The van der Waals surface area contributed by atoms with E-state index >= 15 is 0 Å². The highest BCUT2D eigenvalue weighted by Gasteiger charge is 2.16. The van der Waals surface area contributed by atoms with E-state index in [0.717, 1.165) is 35.6 Å². The van der Waals surface area contributed by atoms with E-state index in [2.05, 4.69) is 41.6 Å². The molecule has 4 nitrogen and oxygen atoms in total. The number of hydrogen-bond acceptors (Lipinski definition) is 4. The molecule has 110 valence electrons. The van der Waals surface area contributed by atoms with E-state index in [0.29, 0.717) is 0 Å². The quantitative estimate of drug-likeness (QED) is 0.759. The number of aryl methyl sites for hydroxylation is 1. The molecule has 1 atom stereocenters. The van der Waals surface area contributed by atoms with Gasteiger partial charge in [0.25, 0.3) is 0 Å². The van der Waals surface area contributed by atoms with Crippen molar-refractivity contribution in [1.82, 2.24) is 20.1 Å². The van der Waals surface area contributed by atoms with E-state index < -0.39 is 0 Å². The third kappa shape index (κ3) is 3.31. The van der Waals surface area contributed by atoms with Crippen LogP contribution in [0.4, 0.5) is 0 Å². The third-order valence-electron chi connectivity index (χ3n) is 3.45.